The minimum absolute atomic E-state index is 0.126. The molecule has 19 heavy (non-hydrogen) atoms. The van der Waals surface area contributed by atoms with E-state index in [4.69, 9.17) is 15.6 Å². The Morgan fingerprint density at radius 1 is 1.37 bits per heavy atom. The molecule has 1 aromatic carbocycles. The van der Waals surface area contributed by atoms with Gasteiger partial charge in [0.1, 0.15) is 5.75 Å². The standard InChI is InChI=1S/C11H17N3O4S/c1-11(2,12)10(15)14-8-6-7(19(13,16)17)4-5-9(8)18-3/h4-6H,12H2,1-3H3,(H,14,15)(H2,13,16,17). The lowest BCUT2D eigenvalue weighted by Gasteiger charge is -2.19. The minimum atomic E-state index is -3.86. The highest BCUT2D eigenvalue weighted by atomic mass is 32.2. The molecule has 0 spiro atoms. The summed E-state index contributed by atoms with van der Waals surface area (Å²) in [5.41, 5.74) is 4.73. The van der Waals surface area contributed by atoms with Gasteiger partial charge in [-0.1, -0.05) is 0 Å². The molecule has 0 saturated carbocycles. The second kappa shape index (κ2) is 5.16. The van der Waals surface area contributed by atoms with E-state index >= 15 is 0 Å². The van der Waals surface area contributed by atoms with Gasteiger partial charge >= 0.3 is 0 Å². The van der Waals surface area contributed by atoms with Crippen molar-refractivity contribution in [1.29, 1.82) is 0 Å². The van der Waals surface area contributed by atoms with Crippen LogP contribution in [0.25, 0.3) is 0 Å². The van der Waals surface area contributed by atoms with Gasteiger partial charge in [0.05, 0.1) is 23.2 Å². The van der Waals surface area contributed by atoms with Crippen molar-refractivity contribution >= 4 is 21.6 Å². The maximum absolute atomic E-state index is 11.8. The van der Waals surface area contributed by atoms with Crippen LogP contribution in [-0.2, 0) is 14.8 Å². The van der Waals surface area contributed by atoms with E-state index in [2.05, 4.69) is 5.32 Å². The lowest BCUT2D eigenvalue weighted by molar-refractivity contribution is -0.120. The van der Waals surface area contributed by atoms with Crippen molar-refractivity contribution in [2.75, 3.05) is 12.4 Å². The van der Waals surface area contributed by atoms with Gasteiger partial charge in [-0.25, -0.2) is 13.6 Å². The monoisotopic (exact) mass is 287 g/mol. The summed E-state index contributed by atoms with van der Waals surface area (Å²) in [6.45, 7) is 3.05. The van der Waals surface area contributed by atoms with Crippen LogP contribution in [0.1, 0.15) is 13.8 Å². The van der Waals surface area contributed by atoms with Crippen molar-refractivity contribution in [3.63, 3.8) is 0 Å². The van der Waals surface area contributed by atoms with Crippen LogP contribution in [0.3, 0.4) is 0 Å². The summed E-state index contributed by atoms with van der Waals surface area (Å²) in [5.74, 6) is -0.164. The predicted molar refractivity (Wildman–Crippen MR) is 71.3 cm³/mol. The van der Waals surface area contributed by atoms with Crippen molar-refractivity contribution < 1.29 is 17.9 Å². The van der Waals surface area contributed by atoms with Gasteiger partial charge in [-0.05, 0) is 32.0 Å². The summed E-state index contributed by atoms with van der Waals surface area (Å²) in [7, 11) is -2.46. The lowest BCUT2D eigenvalue weighted by Crippen LogP contribution is -2.45. The largest absolute Gasteiger partial charge is 0.495 e. The average molecular weight is 287 g/mol. The average Bonchev–Trinajstić information content (AvgIpc) is 2.26. The lowest BCUT2D eigenvalue weighted by atomic mass is 10.1. The summed E-state index contributed by atoms with van der Waals surface area (Å²) >= 11 is 0. The molecule has 5 N–H and O–H groups in total. The van der Waals surface area contributed by atoms with Gasteiger partial charge in [-0.15, -0.1) is 0 Å². The number of anilines is 1. The number of hydrogen-bond donors (Lipinski definition) is 3. The first-order valence-electron chi connectivity index (χ1n) is 5.37. The molecule has 7 nitrogen and oxygen atoms in total. The van der Waals surface area contributed by atoms with E-state index < -0.39 is 21.5 Å². The number of nitrogens with one attached hydrogen (secondary N) is 1. The number of primary sulfonamides is 1. The number of ether oxygens (including phenoxy) is 1. The molecule has 0 aliphatic heterocycles. The number of hydrogen-bond acceptors (Lipinski definition) is 5. The van der Waals surface area contributed by atoms with E-state index in [1.54, 1.807) is 0 Å². The first kappa shape index (κ1) is 15.4. The van der Waals surface area contributed by atoms with Gasteiger partial charge in [-0.2, -0.15) is 0 Å². The highest BCUT2D eigenvalue weighted by Gasteiger charge is 2.23. The molecule has 0 saturated heterocycles. The van der Waals surface area contributed by atoms with Gasteiger partial charge in [0.2, 0.25) is 15.9 Å². The number of amides is 1. The van der Waals surface area contributed by atoms with E-state index in [1.165, 1.54) is 39.2 Å². The third kappa shape index (κ3) is 3.91. The summed E-state index contributed by atoms with van der Waals surface area (Å²) in [5, 5.41) is 7.53. The Hall–Kier alpha value is -1.64. The van der Waals surface area contributed by atoms with E-state index in [-0.39, 0.29) is 10.6 Å². The van der Waals surface area contributed by atoms with Crippen LogP contribution in [0.15, 0.2) is 23.1 Å². The molecule has 106 valence electrons. The molecule has 0 bridgehead atoms. The van der Waals surface area contributed by atoms with Crippen LogP contribution < -0.4 is 20.9 Å². The Morgan fingerprint density at radius 2 is 1.95 bits per heavy atom. The van der Waals surface area contributed by atoms with Crippen molar-refractivity contribution in [2.24, 2.45) is 10.9 Å². The number of carbonyl (C=O) groups excluding carboxylic acids is 1. The van der Waals surface area contributed by atoms with Crippen LogP contribution in [-0.4, -0.2) is 27.0 Å². The third-order valence-corrected chi connectivity index (χ3v) is 3.24. The fourth-order valence-corrected chi connectivity index (χ4v) is 1.78. The van der Waals surface area contributed by atoms with Crippen molar-refractivity contribution in [1.82, 2.24) is 0 Å². The number of methoxy groups -OCH3 is 1. The normalized spacial score (nSPS) is 12.1. The summed E-state index contributed by atoms with van der Waals surface area (Å²) in [6.07, 6.45) is 0. The quantitative estimate of drug-likeness (QED) is 0.720. The molecule has 0 atom stereocenters. The first-order chi connectivity index (χ1) is 8.55. The van der Waals surface area contributed by atoms with Crippen molar-refractivity contribution in [3.05, 3.63) is 18.2 Å². The number of sulfonamides is 1. The topological polar surface area (TPSA) is 125 Å². The molecule has 1 rings (SSSR count). The van der Waals surface area contributed by atoms with Gasteiger partial charge in [0.15, 0.2) is 0 Å². The Labute approximate surface area is 112 Å². The maximum atomic E-state index is 11.8. The molecule has 0 aliphatic carbocycles. The molecule has 1 amide bonds. The highest BCUT2D eigenvalue weighted by molar-refractivity contribution is 7.89. The van der Waals surface area contributed by atoms with Crippen LogP contribution in [0, 0.1) is 0 Å². The smallest absolute Gasteiger partial charge is 0.243 e. The second-order valence-corrected chi connectivity index (χ2v) is 6.14. The highest BCUT2D eigenvalue weighted by Crippen LogP contribution is 2.27. The minimum Gasteiger partial charge on any atom is -0.495 e. The number of carbonyl (C=O) groups is 1. The zero-order valence-electron chi connectivity index (χ0n) is 10.9. The van der Waals surface area contributed by atoms with E-state index in [9.17, 15) is 13.2 Å². The molecule has 0 heterocycles. The Bertz CT molecular complexity index is 590. The van der Waals surface area contributed by atoms with Crippen LogP contribution in [0.4, 0.5) is 5.69 Å². The molecule has 8 heteroatoms. The molecule has 0 aromatic heterocycles. The van der Waals surface area contributed by atoms with E-state index in [1.807, 2.05) is 0 Å². The second-order valence-electron chi connectivity index (χ2n) is 4.58. The number of benzene rings is 1. The fraction of sp³-hybridized carbons (Fsp3) is 0.364. The van der Waals surface area contributed by atoms with Crippen molar-refractivity contribution in [2.45, 2.75) is 24.3 Å². The Balaban J connectivity index is 3.21. The zero-order chi connectivity index (χ0) is 14.8. The summed E-state index contributed by atoms with van der Waals surface area (Å²) in [4.78, 5) is 11.7. The number of nitrogens with two attached hydrogens (primary N) is 2. The molecule has 1 aromatic rings. The molecule has 0 unspecified atom stereocenters. The molecule has 0 aliphatic rings. The first-order valence-corrected chi connectivity index (χ1v) is 6.91. The molecular weight excluding hydrogens is 270 g/mol. The van der Waals surface area contributed by atoms with E-state index in [0.717, 1.165) is 0 Å². The van der Waals surface area contributed by atoms with E-state index in [0.29, 0.717) is 5.75 Å². The van der Waals surface area contributed by atoms with Crippen LogP contribution in [0.5, 0.6) is 5.75 Å². The molecular formula is C11H17N3O4S. The Kier molecular flexibility index (Phi) is 4.18. The fourth-order valence-electron chi connectivity index (χ4n) is 1.25. The SMILES string of the molecule is COc1ccc(S(N)(=O)=O)cc1NC(=O)C(C)(C)N. The molecule has 0 radical (unpaired) electrons. The number of rotatable bonds is 4. The third-order valence-electron chi connectivity index (χ3n) is 2.33. The maximum Gasteiger partial charge on any atom is 0.243 e. The van der Waals surface area contributed by atoms with Crippen molar-refractivity contribution in [3.8, 4) is 5.75 Å². The van der Waals surface area contributed by atoms with Crippen LogP contribution in [0.2, 0.25) is 0 Å². The Morgan fingerprint density at radius 3 is 2.37 bits per heavy atom. The van der Waals surface area contributed by atoms with Gasteiger partial charge in [-0.3, -0.25) is 4.79 Å². The summed E-state index contributed by atoms with van der Waals surface area (Å²) in [6, 6.07) is 3.91. The van der Waals surface area contributed by atoms with Crippen LogP contribution >= 0.6 is 0 Å². The molecule has 0 fully saturated rings. The van der Waals surface area contributed by atoms with Gasteiger partial charge in [0.25, 0.3) is 0 Å². The van der Waals surface area contributed by atoms with Gasteiger partial charge in [0, 0.05) is 0 Å². The van der Waals surface area contributed by atoms with Gasteiger partial charge < -0.3 is 15.8 Å². The summed E-state index contributed by atoms with van der Waals surface area (Å²) < 4.78 is 27.6. The predicted octanol–water partition coefficient (Wildman–Crippen LogP) is 0.0184. The zero-order valence-corrected chi connectivity index (χ0v) is 11.7.